The van der Waals surface area contributed by atoms with E-state index in [4.69, 9.17) is 0 Å². The molecule has 0 unspecified atom stereocenters. The molecule has 0 atom stereocenters. The van der Waals surface area contributed by atoms with Crippen molar-refractivity contribution in [1.82, 2.24) is 10.2 Å². The Morgan fingerprint density at radius 3 is 2.48 bits per heavy atom. The maximum absolute atomic E-state index is 11.3. The Bertz CT molecular complexity index is 529. The summed E-state index contributed by atoms with van der Waals surface area (Å²) in [4.78, 5) is 17.2. The summed E-state index contributed by atoms with van der Waals surface area (Å²) in [5.74, 6) is 0.948. The molecule has 21 heavy (non-hydrogen) atoms. The van der Waals surface area contributed by atoms with E-state index in [1.807, 2.05) is 45.0 Å². The first-order chi connectivity index (χ1) is 9.88. The average Bonchev–Trinajstić information content (AvgIpc) is 2.91. The van der Waals surface area contributed by atoms with Crippen LogP contribution in [0.1, 0.15) is 31.9 Å². The van der Waals surface area contributed by atoms with Crippen LogP contribution in [0.25, 0.3) is 0 Å². The van der Waals surface area contributed by atoms with Crippen LogP contribution in [-0.4, -0.2) is 47.1 Å². The first-order valence-corrected chi connectivity index (χ1v) is 7.26. The fraction of sp³-hybridized carbons (Fsp3) is 0.500. The van der Waals surface area contributed by atoms with Crippen molar-refractivity contribution >= 4 is 11.9 Å². The molecule has 1 aromatic rings. The van der Waals surface area contributed by atoms with E-state index in [9.17, 15) is 9.90 Å². The number of nitrogens with zero attached hydrogens (tertiary/aromatic N) is 2. The zero-order chi connectivity index (χ0) is 15.5. The highest BCUT2D eigenvalue weighted by Crippen LogP contribution is 2.15. The largest absolute Gasteiger partial charge is 0.465 e. The summed E-state index contributed by atoms with van der Waals surface area (Å²) in [6, 6.07) is 8.16. The lowest BCUT2D eigenvalue weighted by molar-refractivity contribution is 0.101. The molecule has 0 radical (unpaired) electrons. The zero-order valence-corrected chi connectivity index (χ0v) is 12.9. The molecular weight excluding hydrogens is 266 g/mol. The second-order valence-corrected chi connectivity index (χ2v) is 6.21. The first-order valence-electron chi connectivity index (χ1n) is 7.26. The van der Waals surface area contributed by atoms with Gasteiger partial charge in [0.25, 0.3) is 0 Å². The molecule has 1 heterocycles. The lowest BCUT2D eigenvalue weighted by atomic mass is 10.0. The van der Waals surface area contributed by atoms with Gasteiger partial charge in [0.2, 0.25) is 0 Å². The number of nitrogens with one attached hydrogen (secondary N) is 1. The van der Waals surface area contributed by atoms with E-state index in [0.717, 1.165) is 30.1 Å². The molecule has 1 aliphatic rings. The minimum absolute atomic E-state index is 0.381. The fourth-order valence-corrected chi connectivity index (χ4v) is 2.38. The van der Waals surface area contributed by atoms with Crippen LogP contribution in [0.2, 0.25) is 0 Å². The highest BCUT2D eigenvalue weighted by atomic mass is 16.4. The number of amides is 1. The third-order valence-corrected chi connectivity index (χ3v) is 3.57. The number of hydrogen-bond donors (Lipinski definition) is 2. The van der Waals surface area contributed by atoms with Crippen LogP contribution in [0, 0.1) is 0 Å². The van der Waals surface area contributed by atoms with E-state index in [-0.39, 0.29) is 5.54 Å². The van der Waals surface area contributed by atoms with Gasteiger partial charge in [-0.1, -0.05) is 24.3 Å². The van der Waals surface area contributed by atoms with Gasteiger partial charge in [-0.25, -0.2) is 4.79 Å². The van der Waals surface area contributed by atoms with Crippen molar-refractivity contribution in [3.05, 3.63) is 35.4 Å². The smallest absolute Gasteiger partial charge is 0.407 e. The molecule has 0 aliphatic carbocycles. The molecular formula is C16H23N3O2. The molecule has 1 amide bonds. The lowest BCUT2D eigenvalue weighted by Crippen LogP contribution is -2.45. The number of rotatable bonds is 4. The van der Waals surface area contributed by atoms with E-state index in [1.54, 1.807) is 0 Å². The van der Waals surface area contributed by atoms with Crippen LogP contribution < -0.4 is 5.32 Å². The van der Waals surface area contributed by atoms with Crippen molar-refractivity contribution in [2.45, 2.75) is 32.7 Å². The molecule has 0 saturated carbocycles. The fourth-order valence-electron chi connectivity index (χ4n) is 2.38. The van der Waals surface area contributed by atoms with Crippen molar-refractivity contribution in [2.24, 2.45) is 4.99 Å². The molecule has 114 valence electrons. The molecule has 2 N–H and O–H groups in total. The zero-order valence-electron chi connectivity index (χ0n) is 12.9. The van der Waals surface area contributed by atoms with Gasteiger partial charge in [-0.15, -0.1) is 0 Å². The Morgan fingerprint density at radius 1 is 1.33 bits per heavy atom. The number of amidine groups is 1. The van der Waals surface area contributed by atoms with Gasteiger partial charge >= 0.3 is 6.09 Å². The summed E-state index contributed by atoms with van der Waals surface area (Å²) in [7, 11) is 0. The maximum atomic E-state index is 11.3. The van der Waals surface area contributed by atoms with Gasteiger partial charge in [0.15, 0.2) is 0 Å². The van der Waals surface area contributed by atoms with Crippen molar-refractivity contribution < 1.29 is 9.90 Å². The summed E-state index contributed by atoms with van der Waals surface area (Å²) in [5, 5.41) is 12.5. The minimum atomic E-state index is -0.872. The minimum Gasteiger partial charge on any atom is -0.465 e. The predicted molar refractivity (Wildman–Crippen MR) is 84.0 cm³/mol. The van der Waals surface area contributed by atoms with Gasteiger partial charge in [-0.05, 0) is 32.8 Å². The highest BCUT2D eigenvalue weighted by Gasteiger charge is 2.25. The molecule has 2 rings (SSSR count). The van der Waals surface area contributed by atoms with Crippen LogP contribution >= 0.6 is 0 Å². The molecule has 5 heteroatoms. The van der Waals surface area contributed by atoms with Crippen LogP contribution in [0.3, 0.4) is 0 Å². The van der Waals surface area contributed by atoms with Gasteiger partial charge in [-0.2, -0.15) is 0 Å². The molecule has 1 aromatic carbocycles. The number of carboxylic acid groups (broad SMARTS) is 1. The van der Waals surface area contributed by atoms with Crippen molar-refractivity contribution in [2.75, 3.05) is 19.6 Å². The van der Waals surface area contributed by atoms with Gasteiger partial charge in [0.05, 0.1) is 6.54 Å². The molecule has 1 aliphatic heterocycles. The monoisotopic (exact) mass is 289 g/mol. The van der Waals surface area contributed by atoms with E-state index in [1.165, 1.54) is 4.90 Å². The Kier molecular flexibility index (Phi) is 4.50. The van der Waals surface area contributed by atoms with Gasteiger partial charge in [-0.3, -0.25) is 4.99 Å². The van der Waals surface area contributed by atoms with Crippen molar-refractivity contribution in [3.8, 4) is 0 Å². The molecule has 0 aromatic heterocycles. The van der Waals surface area contributed by atoms with Gasteiger partial charge in [0, 0.05) is 24.2 Å². The summed E-state index contributed by atoms with van der Waals surface area (Å²) >= 11 is 0. The standard InChI is InChI=1S/C16H23N3O2/c1-16(2,3)19(15(20)21)11-8-12-4-6-13(7-5-12)14-17-9-10-18-14/h4-7H,8-11H2,1-3H3,(H,17,18)(H,20,21). The number of aliphatic imine (C=N–C) groups is 1. The van der Waals surface area contributed by atoms with Gasteiger partial charge < -0.3 is 15.3 Å². The quantitative estimate of drug-likeness (QED) is 0.894. The SMILES string of the molecule is CC(C)(C)N(CCc1ccc(C2=NCCN2)cc1)C(=O)O. The van der Waals surface area contributed by atoms with E-state index in [0.29, 0.717) is 13.0 Å². The summed E-state index contributed by atoms with van der Waals surface area (Å²) in [5.41, 5.74) is 1.84. The van der Waals surface area contributed by atoms with E-state index >= 15 is 0 Å². The third kappa shape index (κ3) is 3.97. The summed E-state index contributed by atoms with van der Waals surface area (Å²) < 4.78 is 0. The predicted octanol–water partition coefficient (Wildman–Crippen LogP) is 2.36. The summed E-state index contributed by atoms with van der Waals surface area (Å²) in [6.45, 7) is 7.96. The number of benzene rings is 1. The molecule has 0 saturated heterocycles. The Labute approximate surface area is 125 Å². The first kappa shape index (κ1) is 15.4. The number of hydrogen-bond acceptors (Lipinski definition) is 3. The lowest BCUT2D eigenvalue weighted by Gasteiger charge is -2.33. The highest BCUT2D eigenvalue weighted by molar-refractivity contribution is 5.99. The van der Waals surface area contributed by atoms with E-state index in [2.05, 4.69) is 10.3 Å². The van der Waals surface area contributed by atoms with Crippen molar-refractivity contribution in [3.63, 3.8) is 0 Å². The summed E-state index contributed by atoms with van der Waals surface area (Å²) in [6.07, 6.45) is -0.160. The van der Waals surface area contributed by atoms with Crippen LogP contribution in [0.15, 0.2) is 29.3 Å². The third-order valence-electron chi connectivity index (χ3n) is 3.57. The Morgan fingerprint density at radius 2 is 2.00 bits per heavy atom. The maximum Gasteiger partial charge on any atom is 0.407 e. The second-order valence-electron chi connectivity index (χ2n) is 6.21. The van der Waals surface area contributed by atoms with Crippen LogP contribution in [0.4, 0.5) is 4.79 Å². The molecule has 0 spiro atoms. The van der Waals surface area contributed by atoms with Crippen LogP contribution in [-0.2, 0) is 6.42 Å². The Balaban J connectivity index is 1.98. The number of carbonyl (C=O) groups is 1. The van der Waals surface area contributed by atoms with Gasteiger partial charge in [0.1, 0.15) is 5.84 Å². The average molecular weight is 289 g/mol. The molecule has 5 nitrogen and oxygen atoms in total. The molecule has 0 fully saturated rings. The van der Waals surface area contributed by atoms with E-state index < -0.39 is 6.09 Å². The topological polar surface area (TPSA) is 64.9 Å². The normalized spacial score (nSPS) is 14.5. The Hall–Kier alpha value is -2.04. The molecule has 0 bridgehead atoms. The van der Waals surface area contributed by atoms with Crippen LogP contribution in [0.5, 0.6) is 0 Å². The second kappa shape index (κ2) is 6.16. The van der Waals surface area contributed by atoms with Crippen molar-refractivity contribution in [1.29, 1.82) is 0 Å².